The van der Waals surface area contributed by atoms with Crippen molar-refractivity contribution in [2.24, 2.45) is 0 Å². The Balaban J connectivity index is 0. The van der Waals surface area contributed by atoms with E-state index < -0.39 is 0 Å². The zero-order valence-corrected chi connectivity index (χ0v) is 7.27. The van der Waals surface area contributed by atoms with Crippen LogP contribution in [0.4, 0.5) is 0 Å². The van der Waals surface area contributed by atoms with Crippen molar-refractivity contribution in [1.29, 1.82) is 0 Å². The van der Waals surface area contributed by atoms with Gasteiger partial charge in [0, 0.05) is 73.6 Å². The Morgan fingerprint density at radius 1 is 0.833 bits per heavy atom. The molecule has 0 rings (SSSR count). The molecule has 0 atom stereocenters. The van der Waals surface area contributed by atoms with Crippen LogP contribution in [0.15, 0.2) is 0 Å². The minimum absolute atomic E-state index is 0. The van der Waals surface area contributed by atoms with E-state index in [1.54, 1.807) is 0 Å². The maximum Gasteiger partial charge on any atom is 0 e. The van der Waals surface area contributed by atoms with Gasteiger partial charge in [-0.1, -0.05) is 0 Å². The molecule has 0 nitrogen and oxygen atoms in total. The predicted octanol–water partition coefficient (Wildman–Crippen LogP) is -3.13. The van der Waals surface area contributed by atoms with Crippen molar-refractivity contribution in [1.82, 2.24) is 0 Å². The molecule has 0 aliphatic carbocycles. The Kier molecular flexibility index (Phi) is 324. The molecule has 0 saturated heterocycles. The zero-order chi connectivity index (χ0) is 0. The third-order valence-corrected chi connectivity index (χ3v) is 0. The molecule has 0 bridgehead atoms. The largest absolute Gasteiger partial charge is 0 e. The van der Waals surface area contributed by atoms with E-state index >= 15 is 0 Å². The van der Waals surface area contributed by atoms with Crippen LogP contribution in [0.2, 0.25) is 0 Å². The minimum Gasteiger partial charge on any atom is 0 e. The molecule has 0 heterocycles. The molecule has 6 heavy (non-hydrogen) atoms. The van der Waals surface area contributed by atoms with Crippen molar-refractivity contribution < 1.29 is 39.4 Å². The second-order valence-corrected chi connectivity index (χ2v) is 0. The second kappa shape index (κ2) is 37.0. The van der Waals surface area contributed by atoms with Crippen molar-refractivity contribution in [3.63, 3.8) is 0 Å². The summed E-state index contributed by atoms with van der Waals surface area (Å²) in [5, 5.41) is 0. The van der Waals surface area contributed by atoms with E-state index in [2.05, 4.69) is 0 Å². The Bertz CT molecular complexity index is 13.5. The zero-order valence-electron chi connectivity index (χ0n) is 1.42. The van der Waals surface area contributed by atoms with Crippen LogP contribution >= 0.6 is 0 Å². The van der Waals surface area contributed by atoms with E-state index in [0.717, 1.165) is 0 Å². The molecule has 0 fully saturated rings. The molecule has 0 aromatic carbocycles. The molecule has 0 N–H and O–H groups in total. The van der Waals surface area contributed by atoms with Gasteiger partial charge in [0.05, 0.1) is 0 Å². The van der Waals surface area contributed by atoms with Crippen molar-refractivity contribution >= 4 is 79.8 Å². The summed E-state index contributed by atoms with van der Waals surface area (Å²) >= 11 is 0. The van der Waals surface area contributed by atoms with Crippen molar-refractivity contribution in [3.8, 4) is 0 Å². The van der Waals surface area contributed by atoms with Gasteiger partial charge in [-0.3, -0.25) is 0 Å². The van der Waals surface area contributed by atoms with Crippen LogP contribution in [-0.4, -0.2) is 79.8 Å². The molecule has 0 aromatic rings. The van der Waals surface area contributed by atoms with Crippen LogP contribution in [0.5, 0.6) is 0 Å². The first-order valence-electron chi connectivity index (χ1n) is 0. The topological polar surface area (TPSA) is 0 Å². The molecule has 6 heteroatoms. The molecule has 0 saturated carbocycles. The summed E-state index contributed by atoms with van der Waals surface area (Å²) in [5.74, 6) is 0. The van der Waals surface area contributed by atoms with E-state index in [4.69, 9.17) is 0 Å². The molecular weight excluding hydrogens is 514 g/mol. The Labute approximate surface area is 117 Å². The average molecular weight is 520 g/mol. The summed E-state index contributed by atoms with van der Waals surface area (Å²) in [4.78, 5) is 0. The summed E-state index contributed by atoms with van der Waals surface area (Å²) in [6.45, 7) is 0. The van der Waals surface area contributed by atoms with E-state index in [1.807, 2.05) is 0 Å². The summed E-state index contributed by atoms with van der Waals surface area (Å²) in [5.41, 5.74) is 0. The number of rotatable bonds is 0. The van der Waals surface area contributed by atoms with Crippen LogP contribution in [0.3, 0.4) is 0 Å². The van der Waals surface area contributed by atoms with E-state index in [1.165, 1.54) is 0 Å². The van der Waals surface area contributed by atoms with Crippen LogP contribution in [0.25, 0.3) is 0 Å². The summed E-state index contributed by atoms with van der Waals surface area (Å²) < 4.78 is 0. The molecular formula is H6AgCuGaInSe2. The fourth-order valence-corrected chi connectivity index (χ4v) is 0. The molecule has 46 valence electrons. The van der Waals surface area contributed by atoms with Gasteiger partial charge in [0.2, 0.25) is 0 Å². The SMILES string of the molecule is [Ag].[Cu].[GaH3].[InH3].[Se].[Se]. The third-order valence-electron chi connectivity index (χ3n) is 0. The second-order valence-electron chi connectivity index (χ2n) is 0. The first-order valence-corrected chi connectivity index (χ1v) is 0. The van der Waals surface area contributed by atoms with E-state index in [-0.39, 0.29) is 119 Å². The standard InChI is InChI=1S/Ag.Cu.Ga.In.2Se.6H. The fourth-order valence-electron chi connectivity index (χ4n) is 0. The van der Waals surface area contributed by atoms with Gasteiger partial charge in [-0.15, -0.1) is 0 Å². The van der Waals surface area contributed by atoms with Crippen LogP contribution < -0.4 is 0 Å². The van der Waals surface area contributed by atoms with Crippen molar-refractivity contribution in [2.75, 3.05) is 0 Å². The van der Waals surface area contributed by atoms with Crippen LogP contribution in [-0.2, 0) is 39.4 Å². The molecule has 0 spiro atoms. The molecule has 0 unspecified atom stereocenters. The summed E-state index contributed by atoms with van der Waals surface area (Å²) in [6, 6.07) is 0. The van der Waals surface area contributed by atoms with Gasteiger partial charge in [0.15, 0.2) is 0 Å². The van der Waals surface area contributed by atoms with Gasteiger partial charge in [-0.2, -0.15) is 0 Å². The smallest absolute Gasteiger partial charge is 0 e. The Hall–Kier alpha value is 3.81. The quantitative estimate of drug-likeness (QED) is 0.297. The van der Waals surface area contributed by atoms with Gasteiger partial charge >= 0.3 is 45.6 Å². The maximum atomic E-state index is 0. The first kappa shape index (κ1) is 52.5. The first-order chi connectivity index (χ1) is 0. The van der Waals surface area contributed by atoms with Gasteiger partial charge in [0.25, 0.3) is 0 Å². The van der Waals surface area contributed by atoms with E-state index in [0.29, 0.717) is 0 Å². The van der Waals surface area contributed by atoms with Crippen molar-refractivity contribution in [3.05, 3.63) is 0 Å². The molecule has 0 amide bonds. The molecule has 0 aromatic heterocycles. The monoisotopic (exact) mass is 520 g/mol. The average Bonchev–Trinajstić information content (AvgIpc) is 0. The van der Waals surface area contributed by atoms with Gasteiger partial charge in [-0.25, -0.2) is 0 Å². The van der Waals surface area contributed by atoms with Crippen molar-refractivity contribution in [2.45, 2.75) is 0 Å². The normalized spacial score (nSPS) is 0. The fraction of sp³-hybridized carbons (Fsp3) is 0. The summed E-state index contributed by atoms with van der Waals surface area (Å²) in [6.07, 6.45) is 0. The van der Waals surface area contributed by atoms with Gasteiger partial charge < -0.3 is 0 Å². The number of hydrogen-bond donors (Lipinski definition) is 0. The Morgan fingerprint density at radius 2 is 0.833 bits per heavy atom. The molecule has 0 aliphatic rings. The van der Waals surface area contributed by atoms with Gasteiger partial charge in [-0.05, 0) is 0 Å². The minimum atomic E-state index is 0. The number of hydrogen-bond acceptors (Lipinski definition) is 0. The summed E-state index contributed by atoms with van der Waals surface area (Å²) in [7, 11) is 0. The predicted molar refractivity (Wildman–Crippen MR) is 31.4 cm³/mol. The molecule has 0 aliphatic heterocycles. The third kappa shape index (κ3) is 25.0. The van der Waals surface area contributed by atoms with E-state index in [9.17, 15) is 0 Å². The van der Waals surface area contributed by atoms with Crippen LogP contribution in [0.1, 0.15) is 0 Å². The maximum absolute atomic E-state index is 0. The molecule has 6 radical (unpaired) electrons. The van der Waals surface area contributed by atoms with Gasteiger partial charge in [0.1, 0.15) is 0 Å². The van der Waals surface area contributed by atoms with Crippen LogP contribution in [0, 0.1) is 0 Å². The Morgan fingerprint density at radius 3 is 0.833 bits per heavy atom.